The summed E-state index contributed by atoms with van der Waals surface area (Å²) in [6, 6.07) is 5.59. The van der Waals surface area contributed by atoms with Gasteiger partial charge in [-0.3, -0.25) is 4.79 Å². The van der Waals surface area contributed by atoms with Crippen molar-refractivity contribution >= 4 is 5.97 Å². The number of ether oxygens (including phenoxy) is 2. The number of nitrogens with zero attached hydrogens (tertiary/aromatic N) is 1. The zero-order valence-corrected chi connectivity index (χ0v) is 11.8. The molecule has 1 aromatic rings. The number of hydrogen-bond donors (Lipinski definition) is 1. The number of carbonyl (C=O) groups is 1. The van der Waals surface area contributed by atoms with E-state index in [2.05, 4.69) is 0 Å². The molecule has 1 aromatic carbocycles. The second-order valence-corrected chi connectivity index (χ2v) is 4.61. The highest BCUT2D eigenvalue weighted by molar-refractivity contribution is 5.69. The van der Waals surface area contributed by atoms with Crippen molar-refractivity contribution in [2.24, 2.45) is 5.92 Å². The molecule has 0 aliphatic carbocycles. The third kappa shape index (κ3) is 4.44. The van der Waals surface area contributed by atoms with Crippen LogP contribution in [0.3, 0.4) is 0 Å². The van der Waals surface area contributed by atoms with E-state index in [0.717, 1.165) is 17.1 Å². The minimum atomic E-state index is -0.788. The van der Waals surface area contributed by atoms with Gasteiger partial charge in [0, 0.05) is 18.7 Å². The minimum absolute atomic E-state index is 0.401. The summed E-state index contributed by atoms with van der Waals surface area (Å²) in [7, 11) is 5.12. The molecule has 0 amide bonds. The maximum Gasteiger partial charge on any atom is 0.307 e. The molecule has 0 radical (unpaired) electrons. The molecular weight excluding hydrogens is 246 g/mol. The lowest BCUT2D eigenvalue weighted by atomic mass is 10.1. The van der Waals surface area contributed by atoms with Gasteiger partial charge in [-0.2, -0.15) is 0 Å². The third-order valence-electron chi connectivity index (χ3n) is 2.93. The van der Waals surface area contributed by atoms with Crippen molar-refractivity contribution in [2.75, 3.05) is 27.8 Å². The van der Waals surface area contributed by atoms with Gasteiger partial charge in [-0.05, 0) is 25.2 Å². The van der Waals surface area contributed by atoms with Crippen LogP contribution in [0.15, 0.2) is 18.2 Å². The zero-order valence-electron chi connectivity index (χ0n) is 11.8. The lowest BCUT2D eigenvalue weighted by Gasteiger charge is -2.20. The van der Waals surface area contributed by atoms with Gasteiger partial charge in [-0.25, -0.2) is 0 Å². The molecule has 5 nitrogen and oxygen atoms in total. The second kappa shape index (κ2) is 6.99. The molecule has 0 spiro atoms. The fraction of sp³-hybridized carbons (Fsp3) is 0.500. The van der Waals surface area contributed by atoms with Crippen LogP contribution in [-0.4, -0.2) is 43.8 Å². The van der Waals surface area contributed by atoms with Gasteiger partial charge < -0.3 is 19.5 Å². The fourth-order valence-corrected chi connectivity index (χ4v) is 1.91. The van der Waals surface area contributed by atoms with Gasteiger partial charge in [0.1, 0.15) is 11.5 Å². The van der Waals surface area contributed by atoms with Crippen molar-refractivity contribution in [3.63, 3.8) is 0 Å². The van der Waals surface area contributed by atoms with Gasteiger partial charge >= 0.3 is 5.97 Å². The summed E-state index contributed by atoms with van der Waals surface area (Å²) in [5.74, 6) is 0.345. The van der Waals surface area contributed by atoms with Crippen molar-refractivity contribution < 1.29 is 19.4 Å². The van der Waals surface area contributed by atoms with Gasteiger partial charge in [0.05, 0.1) is 20.1 Å². The Morgan fingerprint density at radius 2 is 2.05 bits per heavy atom. The van der Waals surface area contributed by atoms with Gasteiger partial charge in [0.15, 0.2) is 0 Å². The molecule has 0 saturated carbocycles. The van der Waals surface area contributed by atoms with E-state index in [1.54, 1.807) is 21.1 Å². The Balaban J connectivity index is 2.77. The van der Waals surface area contributed by atoms with E-state index in [1.165, 1.54) is 0 Å². The van der Waals surface area contributed by atoms with Gasteiger partial charge in [0.2, 0.25) is 0 Å². The standard InChI is InChI=1S/C14H21NO4/c1-10(14(16)17)8-15(2)9-11-7-12(18-3)5-6-13(11)19-4/h5-7,10H,8-9H2,1-4H3,(H,16,17). The second-order valence-electron chi connectivity index (χ2n) is 4.61. The SMILES string of the molecule is COc1ccc(OC)c(CN(C)CC(C)C(=O)O)c1. The predicted octanol–water partition coefficient (Wildman–Crippen LogP) is 1.86. The number of rotatable bonds is 7. The average Bonchev–Trinajstić information content (AvgIpc) is 2.38. The minimum Gasteiger partial charge on any atom is -0.497 e. The van der Waals surface area contributed by atoms with Crippen LogP contribution in [-0.2, 0) is 11.3 Å². The van der Waals surface area contributed by atoms with Crippen LogP contribution < -0.4 is 9.47 Å². The molecule has 0 heterocycles. The highest BCUT2D eigenvalue weighted by Gasteiger charge is 2.15. The normalized spacial score (nSPS) is 12.3. The first-order chi connectivity index (χ1) is 8.97. The number of benzene rings is 1. The van der Waals surface area contributed by atoms with E-state index in [0.29, 0.717) is 13.1 Å². The average molecular weight is 267 g/mol. The number of methoxy groups -OCH3 is 2. The molecule has 0 bridgehead atoms. The van der Waals surface area contributed by atoms with E-state index < -0.39 is 11.9 Å². The molecule has 0 aromatic heterocycles. The van der Waals surface area contributed by atoms with E-state index in [1.807, 2.05) is 30.1 Å². The Morgan fingerprint density at radius 1 is 1.37 bits per heavy atom. The van der Waals surface area contributed by atoms with Crippen molar-refractivity contribution in [1.82, 2.24) is 4.90 Å². The van der Waals surface area contributed by atoms with Crippen LogP contribution in [0.25, 0.3) is 0 Å². The van der Waals surface area contributed by atoms with Crippen LogP contribution in [0, 0.1) is 5.92 Å². The van der Waals surface area contributed by atoms with Crippen LogP contribution in [0.2, 0.25) is 0 Å². The summed E-state index contributed by atoms with van der Waals surface area (Å²) in [6.45, 7) is 2.79. The molecule has 0 fully saturated rings. The first-order valence-electron chi connectivity index (χ1n) is 6.10. The van der Waals surface area contributed by atoms with Gasteiger partial charge in [0.25, 0.3) is 0 Å². The molecular formula is C14H21NO4. The number of hydrogen-bond acceptors (Lipinski definition) is 4. The monoisotopic (exact) mass is 267 g/mol. The smallest absolute Gasteiger partial charge is 0.307 e. The van der Waals surface area contributed by atoms with Gasteiger partial charge in [-0.1, -0.05) is 6.92 Å². The molecule has 0 aliphatic heterocycles. The van der Waals surface area contributed by atoms with E-state index in [4.69, 9.17) is 14.6 Å². The van der Waals surface area contributed by atoms with Crippen LogP contribution >= 0.6 is 0 Å². The quantitative estimate of drug-likeness (QED) is 0.817. The topological polar surface area (TPSA) is 59.0 Å². The van der Waals surface area contributed by atoms with Crippen molar-refractivity contribution in [3.8, 4) is 11.5 Å². The van der Waals surface area contributed by atoms with Crippen molar-refractivity contribution in [1.29, 1.82) is 0 Å². The summed E-state index contributed by atoms with van der Waals surface area (Å²) < 4.78 is 10.5. The van der Waals surface area contributed by atoms with E-state index in [-0.39, 0.29) is 0 Å². The molecule has 0 saturated heterocycles. The highest BCUT2D eigenvalue weighted by Crippen LogP contribution is 2.25. The summed E-state index contributed by atoms with van der Waals surface area (Å²) in [4.78, 5) is 12.8. The highest BCUT2D eigenvalue weighted by atomic mass is 16.5. The lowest BCUT2D eigenvalue weighted by molar-refractivity contribution is -0.141. The summed E-state index contributed by atoms with van der Waals surface area (Å²) >= 11 is 0. The first kappa shape index (κ1) is 15.3. The zero-order chi connectivity index (χ0) is 14.4. The summed E-state index contributed by atoms with van der Waals surface area (Å²) in [5.41, 5.74) is 0.974. The molecule has 0 aliphatic rings. The lowest BCUT2D eigenvalue weighted by Crippen LogP contribution is -2.28. The molecule has 1 atom stereocenters. The fourth-order valence-electron chi connectivity index (χ4n) is 1.91. The molecule has 1 rings (SSSR count). The maximum absolute atomic E-state index is 10.8. The third-order valence-corrected chi connectivity index (χ3v) is 2.93. The Kier molecular flexibility index (Phi) is 5.63. The van der Waals surface area contributed by atoms with Crippen molar-refractivity contribution in [2.45, 2.75) is 13.5 Å². The van der Waals surface area contributed by atoms with E-state index >= 15 is 0 Å². The van der Waals surface area contributed by atoms with Crippen LogP contribution in [0.4, 0.5) is 0 Å². The van der Waals surface area contributed by atoms with Crippen LogP contribution in [0.5, 0.6) is 11.5 Å². The Bertz CT molecular complexity index is 433. The molecule has 1 N–H and O–H groups in total. The summed E-state index contributed by atoms with van der Waals surface area (Å²) in [5, 5.41) is 8.91. The Labute approximate surface area is 113 Å². The molecule has 106 valence electrons. The summed E-state index contributed by atoms with van der Waals surface area (Å²) in [6.07, 6.45) is 0. The number of carboxylic acids is 1. The maximum atomic E-state index is 10.8. The Morgan fingerprint density at radius 3 is 2.58 bits per heavy atom. The number of carboxylic acid groups (broad SMARTS) is 1. The molecule has 5 heteroatoms. The predicted molar refractivity (Wildman–Crippen MR) is 72.7 cm³/mol. The largest absolute Gasteiger partial charge is 0.497 e. The first-order valence-corrected chi connectivity index (χ1v) is 6.10. The Hall–Kier alpha value is -1.75. The van der Waals surface area contributed by atoms with Crippen LogP contribution in [0.1, 0.15) is 12.5 Å². The number of aliphatic carboxylic acids is 1. The van der Waals surface area contributed by atoms with Gasteiger partial charge in [-0.15, -0.1) is 0 Å². The van der Waals surface area contributed by atoms with Crippen molar-refractivity contribution in [3.05, 3.63) is 23.8 Å². The van der Waals surface area contributed by atoms with E-state index in [9.17, 15) is 4.79 Å². The molecule has 1 unspecified atom stereocenters. The molecule has 19 heavy (non-hydrogen) atoms.